The summed E-state index contributed by atoms with van der Waals surface area (Å²) in [5.41, 5.74) is 5.47. The molecule has 0 aliphatic rings. The normalized spacial score (nSPS) is 10.5. The lowest BCUT2D eigenvalue weighted by atomic mass is 10.6. The first-order chi connectivity index (χ1) is 3.81. The summed E-state index contributed by atoms with van der Waals surface area (Å²) >= 11 is 0. The zero-order chi connectivity index (χ0) is 6.41. The molecular formula is C5H15N3. The van der Waals surface area contributed by atoms with Crippen molar-refractivity contribution in [3.8, 4) is 0 Å². The maximum Gasteiger partial charge on any atom is 0.109 e. The van der Waals surface area contributed by atoms with E-state index < -0.39 is 0 Å². The topological polar surface area (TPSA) is 50.1 Å². The summed E-state index contributed by atoms with van der Waals surface area (Å²) in [6, 6.07) is 0. The van der Waals surface area contributed by atoms with Crippen LogP contribution in [0.4, 0.5) is 0 Å². The number of nitrogens with two attached hydrogens (primary N) is 1. The van der Waals surface area contributed by atoms with Gasteiger partial charge in [0.15, 0.2) is 0 Å². The highest BCUT2D eigenvalue weighted by molar-refractivity contribution is 4.50. The molecule has 0 bridgehead atoms. The molecule has 0 fully saturated rings. The van der Waals surface area contributed by atoms with Gasteiger partial charge >= 0.3 is 0 Å². The lowest BCUT2D eigenvalue weighted by Gasteiger charge is -2.11. The second-order valence-electron chi connectivity index (χ2n) is 1.59. The molecule has 0 amide bonds. The zero-order valence-corrected chi connectivity index (χ0v) is 5.57. The first-order valence-corrected chi connectivity index (χ1v) is 3.03. The highest BCUT2D eigenvalue weighted by Crippen LogP contribution is 1.60. The van der Waals surface area contributed by atoms with Gasteiger partial charge in [-0.2, -0.15) is 0 Å². The molecule has 0 rings (SSSR count). The van der Waals surface area contributed by atoms with Crippen molar-refractivity contribution in [2.75, 3.05) is 13.1 Å². The molecule has 0 saturated heterocycles. The molecule has 50 valence electrons. The number of nitrogens with one attached hydrogen (secondary N) is 2. The van der Waals surface area contributed by atoms with Crippen LogP contribution in [0.25, 0.3) is 0 Å². The van der Waals surface area contributed by atoms with E-state index in [0.29, 0.717) is 0 Å². The quantitative estimate of drug-likeness (QED) is 0.433. The van der Waals surface area contributed by atoms with Crippen molar-refractivity contribution in [3.05, 3.63) is 0 Å². The molecule has 0 unspecified atom stereocenters. The molecule has 0 aliphatic heterocycles. The van der Waals surface area contributed by atoms with E-state index in [9.17, 15) is 0 Å². The average Bonchev–Trinajstić information content (AvgIpc) is 1.68. The molecule has 3 nitrogen and oxygen atoms in total. The predicted octanol–water partition coefficient (Wildman–Crippen LogP) is -0.552. The van der Waals surface area contributed by atoms with Crippen LogP contribution in [-0.4, -0.2) is 19.4 Å². The molecule has 3 heteroatoms. The maximum atomic E-state index is 5.47. The van der Waals surface area contributed by atoms with Crippen molar-refractivity contribution in [2.24, 2.45) is 5.73 Å². The van der Waals surface area contributed by atoms with E-state index in [0.717, 1.165) is 13.1 Å². The molecule has 0 aromatic heterocycles. The minimum atomic E-state index is -0.0370. The monoisotopic (exact) mass is 117 g/mol. The third kappa shape index (κ3) is 4.05. The summed E-state index contributed by atoms with van der Waals surface area (Å²) in [6.07, 6.45) is -0.0370. The Morgan fingerprint density at radius 3 is 1.88 bits per heavy atom. The van der Waals surface area contributed by atoms with Gasteiger partial charge < -0.3 is 5.73 Å². The second kappa shape index (κ2) is 5.03. The Morgan fingerprint density at radius 2 is 1.62 bits per heavy atom. The molecule has 0 aromatic rings. The van der Waals surface area contributed by atoms with Crippen molar-refractivity contribution < 1.29 is 0 Å². The van der Waals surface area contributed by atoms with Gasteiger partial charge in [-0.25, -0.2) is 0 Å². The second-order valence-corrected chi connectivity index (χ2v) is 1.59. The van der Waals surface area contributed by atoms with Crippen molar-refractivity contribution >= 4 is 0 Å². The SMILES string of the molecule is CCNC(N)NCC. The fraction of sp³-hybridized carbons (Fsp3) is 1.00. The first kappa shape index (κ1) is 7.88. The third-order valence-corrected chi connectivity index (χ3v) is 0.848. The minimum absolute atomic E-state index is 0.0370. The number of hydrogen-bond donors (Lipinski definition) is 3. The minimum Gasteiger partial charge on any atom is -0.304 e. The summed E-state index contributed by atoms with van der Waals surface area (Å²) in [4.78, 5) is 0. The van der Waals surface area contributed by atoms with E-state index in [1.54, 1.807) is 0 Å². The fourth-order valence-electron chi connectivity index (χ4n) is 0.512. The average molecular weight is 117 g/mol. The number of rotatable bonds is 4. The van der Waals surface area contributed by atoms with Crippen LogP contribution in [0.2, 0.25) is 0 Å². The summed E-state index contributed by atoms with van der Waals surface area (Å²) in [6.45, 7) is 5.87. The van der Waals surface area contributed by atoms with Crippen molar-refractivity contribution in [1.29, 1.82) is 0 Å². The van der Waals surface area contributed by atoms with Crippen LogP contribution in [-0.2, 0) is 0 Å². The number of hydrogen-bond acceptors (Lipinski definition) is 3. The molecule has 0 saturated carbocycles. The lowest BCUT2D eigenvalue weighted by Crippen LogP contribution is -2.48. The van der Waals surface area contributed by atoms with Crippen LogP contribution in [0, 0.1) is 0 Å². The van der Waals surface area contributed by atoms with Gasteiger partial charge in [0.1, 0.15) is 6.29 Å². The smallest absolute Gasteiger partial charge is 0.109 e. The summed E-state index contributed by atoms with van der Waals surface area (Å²) in [5, 5.41) is 6.03. The molecule has 8 heavy (non-hydrogen) atoms. The van der Waals surface area contributed by atoms with Gasteiger partial charge in [-0.15, -0.1) is 0 Å². The fourth-order valence-corrected chi connectivity index (χ4v) is 0.512. The van der Waals surface area contributed by atoms with Crippen molar-refractivity contribution in [1.82, 2.24) is 10.6 Å². The van der Waals surface area contributed by atoms with Gasteiger partial charge in [-0.1, -0.05) is 13.8 Å². The summed E-state index contributed by atoms with van der Waals surface area (Å²) < 4.78 is 0. The molecule has 0 aliphatic carbocycles. The Balaban J connectivity index is 2.92. The van der Waals surface area contributed by atoms with E-state index >= 15 is 0 Å². The lowest BCUT2D eigenvalue weighted by molar-refractivity contribution is 0.458. The maximum absolute atomic E-state index is 5.47. The Bertz CT molecular complexity index is 40.9. The first-order valence-electron chi connectivity index (χ1n) is 3.03. The molecule has 0 aromatic carbocycles. The highest BCUT2D eigenvalue weighted by atomic mass is 15.2. The van der Waals surface area contributed by atoms with E-state index in [-0.39, 0.29) is 6.29 Å². The largest absolute Gasteiger partial charge is 0.304 e. The summed E-state index contributed by atoms with van der Waals surface area (Å²) in [5.74, 6) is 0. The van der Waals surface area contributed by atoms with Gasteiger partial charge in [0.05, 0.1) is 0 Å². The van der Waals surface area contributed by atoms with Crippen LogP contribution in [0.15, 0.2) is 0 Å². The van der Waals surface area contributed by atoms with Crippen LogP contribution < -0.4 is 16.4 Å². The van der Waals surface area contributed by atoms with Crippen LogP contribution in [0.1, 0.15) is 13.8 Å². The van der Waals surface area contributed by atoms with E-state index in [4.69, 9.17) is 5.73 Å². The molecule has 0 heterocycles. The van der Waals surface area contributed by atoms with E-state index in [1.165, 1.54) is 0 Å². The van der Waals surface area contributed by atoms with Crippen LogP contribution in [0.3, 0.4) is 0 Å². The Kier molecular flexibility index (Phi) is 4.95. The Labute approximate surface area is 50.6 Å². The Morgan fingerprint density at radius 1 is 1.25 bits per heavy atom. The van der Waals surface area contributed by atoms with Crippen LogP contribution >= 0.6 is 0 Å². The molecular weight excluding hydrogens is 102 g/mol. The standard InChI is InChI=1S/C5H15N3/c1-3-7-5(6)8-4-2/h5,7-8H,3-4,6H2,1-2H3. The third-order valence-electron chi connectivity index (χ3n) is 0.848. The van der Waals surface area contributed by atoms with Gasteiger partial charge in [-0.3, -0.25) is 10.6 Å². The highest BCUT2D eigenvalue weighted by Gasteiger charge is 1.91. The molecule has 0 radical (unpaired) electrons. The van der Waals surface area contributed by atoms with Gasteiger partial charge in [-0.05, 0) is 13.1 Å². The summed E-state index contributed by atoms with van der Waals surface area (Å²) in [7, 11) is 0. The van der Waals surface area contributed by atoms with E-state index in [1.807, 2.05) is 13.8 Å². The van der Waals surface area contributed by atoms with Gasteiger partial charge in [0.2, 0.25) is 0 Å². The molecule has 4 N–H and O–H groups in total. The zero-order valence-electron chi connectivity index (χ0n) is 5.57. The predicted molar refractivity (Wildman–Crippen MR) is 35.3 cm³/mol. The van der Waals surface area contributed by atoms with Crippen molar-refractivity contribution in [2.45, 2.75) is 20.1 Å². The van der Waals surface area contributed by atoms with Crippen molar-refractivity contribution in [3.63, 3.8) is 0 Å². The van der Waals surface area contributed by atoms with Crippen LogP contribution in [0.5, 0.6) is 0 Å². The van der Waals surface area contributed by atoms with E-state index in [2.05, 4.69) is 10.6 Å². The molecule has 0 atom stereocenters. The molecule has 0 spiro atoms. The van der Waals surface area contributed by atoms with Gasteiger partial charge in [0, 0.05) is 0 Å². The van der Waals surface area contributed by atoms with Gasteiger partial charge in [0.25, 0.3) is 0 Å². The Hall–Kier alpha value is -0.120.